The summed E-state index contributed by atoms with van der Waals surface area (Å²) in [6.45, 7) is 4.80. The molecule has 5 rings (SSSR count). The Labute approximate surface area is 243 Å². The molecular formula is C32H31N3O5S. The largest absolute Gasteiger partial charge is 0.494 e. The molecule has 1 aliphatic heterocycles. The maximum absolute atomic E-state index is 13.7. The van der Waals surface area contributed by atoms with Crippen molar-refractivity contribution in [2.45, 2.75) is 39.5 Å². The highest BCUT2D eigenvalue weighted by atomic mass is 32.1. The lowest BCUT2D eigenvalue weighted by molar-refractivity contribution is 0.101. The van der Waals surface area contributed by atoms with Crippen LogP contribution in [0.1, 0.15) is 61.0 Å². The van der Waals surface area contributed by atoms with E-state index in [-0.39, 0.29) is 27.2 Å². The van der Waals surface area contributed by atoms with Crippen molar-refractivity contribution in [3.8, 4) is 22.9 Å². The Bertz CT molecular complexity index is 1660. The van der Waals surface area contributed by atoms with Gasteiger partial charge in [-0.15, -0.1) is 0 Å². The molecule has 1 aliphatic rings. The summed E-state index contributed by atoms with van der Waals surface area (Å²) in [6, 6.07) is 21.3. The average molecular weight is 570 g/mol. The number of rotatable bonds is 10. The quantitative estimate of drug-likeness (QED) is 0.205. The number of ether oxygens (including phenoxy) is 1. The predicted octanol–water partition coefficient (Wildman–Crippen LogP) is 7.07. The van der Waals surface area contributed by atoms with Crippen molar-refractivity contribution in [3.05, 3.63) is 100 Å². The molecule has 0 fully saturated rings. The fourth-order valence-corrected chi connectivity index (χ4v) is 5.15. The van der Waals surface area contributed by atoms with Crippen LogP contribution in [0.5, 0.6) is 11.6 Å². The van der Waals surface area contributed by atoms with Crippen LogP contribution in [0.15, 0.2) is 84.0 Å². The van der Waals surface area contributed by atoms with Gasteiger partial charge in [0.25, 0.3) is 5.91 Å². The van der Waals surface area contributed by atoms with Crippen molar-refractivity contribution in [1.29, 1.82) is 0 Å². The first-order chi connectivity index (χ1) is 19.9. The summed E-state index contributed by atoms with van der Waals surface area (Å²) < 4.78 is 8.32. The molecule has 1 amide bonds. The third-order valence-corrected chi connectivity index (χ3v) is 7.54. The minimum Gasteiger partial charge on any atom is -0.494 e. The zero-order valence-corrected chi connectivity index (χ0v) is 23.8. The van der Waals surface area contributed by atoms with Crippen molar-refractivity contribution in [1.82, 2.24) is 9.30 Å². The Balaban J connectivity index is 1.51. The number of aliphatic imine (C=N–C) groups is 1. The van der Waals surface area contributed by atoms with Gasteiger partial charge in [-0.1, -0.05) is 106 Å². The highest BCUT2D eigenvalue weighted by Gasteiger charge is 2.38. The zero-order valence-electron chi connectivity index (χ0n) is 22.9. The van der Waals surface area contributed by atoms with Crippen LogP contribution in [-0.4, -0.2) is 38.7 Å². The molecule has 41 heavy (non-hydrogen) atoms. The summed E-state index contributed by atoms with van der Waals surface area (Å²) in [6.07, 6.45) is 4.85. The molecule has 1 atom stereocenters. The number of pyridine rings is 1. The van der Waals surface area contributed by atoms with Gasteiger partial charge in [0.05, 0.1) is 29.1 Å². The molecular weight excluding hydrogens is 538 g/mol. The van der Waals surface area contributed by atoms with E-state index in [0.29, 0.717) is 29.4 Å². The molecule has 0 radical (unpaired) electrons. The van der Waals surface area contributed by atoms with E-state index in [2.05, 4.69) is 18.8 Å². The Morgan fingerprint density at radius 1 is 0.976 bits per heavy atom. The van der Waals surface area contributed by atoms with Gasteiger partial charge in [0.1, 0.15) is 0 Å². The number of aromatic nitrogens is 2. The highest BCUT2D eigenvalue weighted by molar-refractivity contribution is 7.71. The minimum absolute atomic E-state index is 0.128. The fourth-order valence-electron chi connectivity index (χ4n) is 4.93. The van der Waals surface area contributed by atoms with Crippen LogP contribution in [0.3, 0.4) is 0 Å². The smallest absolute Gasteiger partial charge is 0.446 e. The molecule has 2 aromatic heterocycles. The SMILES string of the molecule is CCCCC(CC)COc1cccn(OC(=O)n2c(O)c3c(c2-c2ccccc2)C(=O)N=C3c2ccccc2)c1=S. The number of nitrogens with zero attached hydrogens (tertiary/aromatic N) is 3. The molecule has 0 spiro atoms. The number of unbranched alkanes of at least 4 members (excludes halogenated alkanes) is 1. The second-order valence-electron chi connectivity index (χ2n) is 9.84. The van der Waals surface area contributed by atoms with Gasteiger partial charge in [0, 0.05) is 11.8 Å². The summed E-state index contributed by atoms with van der Waals surface area (Å²) in [7, 11) is 0. The molecule has 1 unspecified atom stereocenters. The van der Waals surface area contributed by atoms with Gasteiger partial charge in [-0.2, -0.15) is 4.73 Å². The zero-order chi connectivity index (χ0) is 28.9. The van der Waals surface area contributed by atoms with Gasteiger partial charge in [-0.3, -0.25) is 4.79 Å². The number of aromatic hydroxyl groups is 1. The van der Waals surface area contributed by atoms with Crippen LogP contribution in [0, 0.1) is 10.6 Å². The van der Waals surface area contributed by atoms with Gasteiger partial charge in [-0.25, -0.2) is 14.4 Å². The van der Waals surface area contributed by atoms with E-state index in [1.165, 1.54) is 6.20 Å². The van der Waals surface area contributed by atoms with Crippen LogP contribution in [0.2, 0.25) is 0 Å². The lowest BCUT2D eigenvalue weighted by atomic mass is 10.0. The number of fused-ring (bicyclic) bond motifs is 1. The van der Waals surface area contributed by atoms with E-state index in [9.17, 15) is 14.7 Å². The monoisotopic (exact) mass is 569 g/mol. The maximum atomic E-state index is 13.7. The van der Waals surface area contributed by atoms with E-state index >= 15 is 0 Å². The van der Waals surface area contributed by atoms with Crippen molar-refractivity contribution in [2.75, 3.05) is 6.61 Å². The number of carbonyl (C=O) groups is 2. The van der Waals surface area contributed by atoms with Crippen molar-refractivity contribution in [3.63, 3.8) is 0 Å². The van der Waals surface area contributed by atoms with E-state index in [0.717, 1.165) is 35.0 Å². The summed E-state index contributed by atoms with van der Waals surface area (Å²) in [5.74, 6) is -0.189. The van der Waals surface area contributed by atoms with Gasteiger partial charge in [-0.05, 0) is 30.0 Å². The molecule has 4 aromatic rings. The summed E-state index contributed by atoms with van der Waals surface area (Å²) >= 11 is 5.58. The molecule has 0 bridgehead atoms. The number of amides is 1. The van der Waals surface area contributed by atoms with E-state index in [4.69, 9.17) is 21.8 Å². The van der Waals surface area contributed by atoms with Gasteiger partial charge >= 0.3 is 6.09 Å². The number of benzene rings is 2. The molecule has 3 heterocycles. The van der Waals surface area contributed by atoms with Crippen molar-refractivity contribution in [2.24, 2.45) is 10.9 Å². The molecule has 0 saturated heterocycles. The molecule has 2 aromatic carbocycles. The Hall–Kier alpha value is -4.50. The average Bonchev–Trinajstić information content (AvgIpc) is 3.50. The lowest BCUT2D eigenvalue weighted by Crippen LogP contribution is -2.26. The fraction of sp³-hybridized carbons (Fsp3) is 0.250. The number of hydrogen-bond acceptors (Lipinski definition) is 6. The second kappa shape index (κ2) is 12.3. The summed E-state index contributed by atoms with van der Waals surface area (Å²) in [5, 5.41) is 11.4. The standard InChI is InChI=1S/C32H31N3O5S/c1-3-5-13-21(4-2)20-39-24-18-12-19-34(31(24)41)40-32(38)35-28(23-16-10-7-11-17-23)26-25(30(35)37)27(33-29(26)36)22-14-8-6-9-15-22/h6-12,14-19,21,37H,3-5,13,20H2,1-2H3. The Morgan fingerprint density at radius 2 is 1.66 bits per heavy atom. The van der Waals surface area contributed by atoms with Crippen molar-refractivity contribution >= 4 is 29.9 Å². The predicted molar refractivity (Wildman–Crippen MR) is 159 cm³/mol. The van der Waals surface area contributed by atoms with Crippen LogP contribution in [0.4, 0.5) is 4.79 Å². The number of carbonyl (C=O) groups excluding carboxylic acids is 2. The van der Waals surface area contributed by atoms with E-state index in [1.54, 1.807) is 48.5 Å². The summed E-state index contributed by atoms with van der Waals surface area (Å²) in [4.78, 5) is 36.8. The van der Waals surface area contributed by atoms with E-state index in [1.807, 2.05) is 24.3 Å². The third kappa shape index (κ3) is 5.58. The first kappa shape index (κ1) is 28.0. The van der Waals surface area contributed by atoms with Crippen molar-refractivity contribution < 1.29 is 24.3 Å². The first-order valence-electron chi connectivity index (χ1n) is 13.7. The molecule has 9 heteroatoms. The molecule has 8 nitrogen and oxygen atoms in total. The Kier molecular flexibility index (Phi) is 8.45. The normalized spacial score (nSPS) is 13.0. The Morgan fingerprint density at radius 3 is 2.32 bits per heavy atom. The first-order valence-corrected chi connectivity index (χ1v) is 14.1. The topological polar surface area (TPSA) is 95.0 Å². The van der Waals surface area contributed by atoms with Crippen LogP contribution in [-0.2, 0) is 0 Å². The third-order valence-electron chi connectivity index (χ3n) is 7.16. The van der Waals surface area contributed by atoms with Crippen LogP contribution >= 0.6 is 12.2 Å². The second-order valence-corrected chi connectivity index (χ2v) is 10.2. The van der Waals surface area contributed by atoms with Crippen LogP contribution < -0.4 is 9.57 Å². The number of hydrogen-bond donors (Lipinski definition) is 1. The molecule has 1 N–H and O–H groups in total. The van der Waals surface area contributed by atoms with Crippen LogP contribution in [0.25, 0.3) is 11.3 Å². The molecule has 0 saturated carbocycles. The van der Waals surface area contributed by atoms with Gasteiger partial charge < -0.3 is 14.7 Å². The highest BCUT2D eigenvalue weighted by Crippen LogP contribution is 2.41. The molecule has 210 valence electrons. The van der Waals surface area contributed by atoms with E-state index < -0.39 is 17.9 Å². The minimum atomic E-state index is -0.946. The van der Waals surface area contributed by atoms with Gasteiger partial charge in [0.2, 0.25) is 5.88 Å². The van der Waals surface area contributed by atoms with Gasteiger partial charge in [0.15, 0.2) is 10.4 Å². The lowest BCUT2D eigenvalue weighted by Gasteiger charge is -2.17. The summed E-state index contributed by atoms with van der Waals surface area (Å²) in [5.41, 5.74) is 1.95. The maximum Gasteiger partial charge on any atom is 0.446 e. The molecule has 0 aliphatic carbocycles.